The number of hydrogen-bond donors (Lipinski definition) is 0. The van der Waals surface area contributed by atoms with Crippen LogP contribution in [0.15, 0.2) is 24.3 Å². The number of esters is 1. The van der Waals surface area contributed by atoms with Crippen LogP contribution >= 0.6 is 0 Å². The molecule has 0 heterocycles. The number of hydrogen-bond acceptors (Lipinski definition) is 3. The third kappa shape index (κ3) is 4.93. The average Bonchev–Trinajstić information content (AvgIpc) is 2.46. The molecule has 0 aliphatic heterocycles. The van der Waals surface area contributed by atoms with Crippen molar-refractivity contribution in [1.82, 2.24) is 0 Å². The Hall–Kier alpha value is -1.51. The quantitative estimate of drug-likeness (QED) is 0.526. The van der Waals surface area contributed by atoms with Gasteiger partial charge in [-0.15, -0.1) is 0 Å². The number of para-hydroxylation sites is 1. The summed E-state index contributed by atoms with van der Waals surface area (Å²) >= 11 is 0. The van der Waals surface area contributed by atoms with Crippen LogP contribution in [0.4, 0.5) is 5.69 Å². The number of carbonyl (C=O) groups is 1. The van der Waals surface area contributed by atoms with E-state index in [4.69, 9.17) is 4.74 Å². The van der Waals surface area contributed by atoms with Gasteiger partial charge in [-0.1, -0.05) is 44.7 Å². The van der Waals surface area contributed by atoms with E-state index < -0.39 is 0 Å². The van der Waals surface area contributed by atoms with Crippen molar-refractivity contribution in [2.24, 2.45) is 0 Å². The zero-order valence-corrected chi connectivity index (χ0v) is 12.3. The standard InChI is InChI=1S/C16H25NO2/c1-4-5-6-7-10-13-17(2)15-12-9-8-11-14(15)16(18)19-3/h8-9,11-12H,4-7,10,13H2,1-3H3. The van der Waals surface area contributed by atoms with Crippen LogP contribution in [0.2, 0.25) is 0 Å². The molecule has 0 radical (unpaired) electrons. The van der Waals surface area contributed by atoms with Gasteiger partial charge in [-0.25, -0.2) is 4.79 Å². The molecule has 1 aromatic rings. The van der Waals surface area contributed by atoms with E-state index in [1.807, 2.05) is 31.3 Å². The van der Waals surface area contributed by atoms with Gasteiger partial charge in [-0.2, -0.15) is 0 Å². The van der Waals surface area contributed by atoms with Gasteiger partial charge in [0.25, 0.3) is 0 Å². The highest BCUT2D eigenvalue weighted by atomic mass is 16.5. The van der Waals surface area contributed by atoms with Gasteiger partial charge < -0.3 is 9.64 Å². The molecule has 3 heteroatoms. The van der Waals surface area contributed by atoms with Crippen LogP contribution in [-0.4, -0.2) is 26.7 Å². The van der Waals surface area contributed by atoms with E-state index in [1.54, 1.807) is 0 Å². The minimum Gasteiger partial charge on any atom is -0.465 e. The van der Waals surface area contributed by atoms with Gasteiger partial charge >= 0.3 is 5.97 Å². The number of anilines is 1. The van der Waals surface area contributed by atoms with E-state index in [-0.39, 0.29) is 5.97 Å². The van der Waals surface area contributed by atoms with E-state index in [9.17, 15) is 4.79 Å². The number of nitrogens with zero attached hydrogens (tertiary/aromatic N) is 1. The van der Waals surface area contributed by atoms with Crippen LogP contribution in [-0.2, 0) is 4.74 Å². The summed E-state index contributed by atoms with van der Waals surface area (Å²) in [5.74, 6) is -0.270. The smallest absolute Gasteiger partial charge is 0.339 e. The van der Waals surface area contributed by atoms with Gasteiger partial charge in [0.1, 0.15) is 0 Å². The van der Waals surface area contributed by atoms with Crippen LogP contribution in [0.1, 0.15) is 49.4 Å². The molecule has 19 heavy (non-hydrogen) atoms. The molecule has 0 amide bonds. The molecule has 1 rings (SSSR count). The summed E-state index contributed by atoms with van der Waals surface area (Å²) in [7, 11) is 3.45. The summed E-state index contributed by atoms with van der Waals surface area (Å²) in [5, 5.41) is 0. The van der Waals surface area contributed by atoms with E-state index >= 15 is 0 Å². The minimum atomic E-state index is -0.270. The van der Waals surface area contributed by atoms with Crippen LogP contribution < -0.4 is 4.90 Å². The zero-order valence-electron chi connectivity index (χ0n) is 12.3. The average molecular weight is 263 g/mol. The molecule has 0 aromatic heterocycles. The van der Waals surface area contributed by atoms with Crippen molar-refractivity contribution >= 4 is 11.7 Å². The highest BCUT2D eigenvalue weighted by Crippen LogP contribution is 2.20. The third-order valence-electron chi connectivity index (χ3n) is 3.32. The topological polar surface area (TPSA) is 29.5 Å². The van der Waals surface area contributed by atoms with Gasteiger partial charge in [-0.3, -0.25) is 0 Å². The molecule has 0 N–H and O–H groups in total. The van der Waals surface area contributed by atoms with Gasteiger partial charge in [0, 0.05) is 13.6 Å². The van der Waals surface area contributed by atoms with Crippen molar-refractivity contribution < 1.29 is 9.53 Å². The number of ether oxygens (including phenoxy) is 1. The van der Waals surface area contributed by atoms with E-state index in [0.29, 0.717) is 5.56 Å². The molecule has 0 spiro atoms. The molecule has 0 aliphatic rings. The second-order valence-corrected chi connectivity index (χ2v) is 4.84. The van der Waals surface area contributed by atoms with Crippen LogP contribution in [0, 0.1) is 0 Å². The van der Waals surface area contributed by atoms with Crippen molar-refractivity contribution in [2.45, 2.75) is 39.0 Å². The number of methoxy groups -OCH3 is 1. The minimum absolute atomic E-state index is 0.270. The highest BCUT2D eigenvalue weighted by Gasteiger charge is 2.13. The second-order valence-electron chi connectivity index (χ2n) is 4.84. The maximum atomic E-state index is 11.7. The first-order chi connectivity index (χ1) is 9.20. The monoisotopic (exact) mass is 263 g/mol. The lowest BCUT2D eigenvalue weighted by Gasteiger charge is -2.21. The Morgan fingerprint density at radius 3 is 2.53 bits per heavy atom. The van der Waals surface area contributed by atoms with Crippen molar-refractivity contribution in [3.63, 3.8) is 0 Å². The lowest BCUT2D eigenvalue weighted by atomic mass is 10.1. The fourth-order valence-electron chi connectivity index (χ4n) is 2.16. The first kappa shape index (κ1) is 15.5. The Balaban J connectivity index is 2.56. The molecular weight excluding hydrogens is 238 g/mol. The predicted molar refractivity (Wildman–Crippen MR) is 79.8 cm³/mol. The number of rotatable bonds is 8. The molecule has 3 nitrogen and oxygen atoms in total. The van der Waals surface area contributed by atoms with Crippen molar-refractivity contribution in [3.8, 4) is 0 Å². The first-order valence-electron chi connectivity index (χ1n) is 7.09. The Morgan fingerprint density at radius 2 is 1.84 bits per heavy atom. The van der Waals surface area contributed by atoms with Crippen LogP contribution in [0.3, 0.4) is 0 Å². The van der Waals surface area contributed by atoms with E-state index in [1.165, 1.54) is 32.8 Å². The third-order valence-corrected chi connectivity index (χ3v) is 3.32. The fourth-order valence-corrected chi connectivity index (χ4v) is 2.16. The number of benzene rings is 1. The van der Waals surface area contributed by atoms with Crippen LogP contribution in [0.25, 0.3) is 0 Å². The van der Waals surface area contributed by atoms with Crippen molar-refractivity contribution in [2.75, 3.05) is 25.6 Å². The Bertz CT molecular complexity index is 390. The Kier molecular flexibility index (Phi) is 7.01. The zero-order chi connectivity index (χ0) is 14.1. The summed E-state index contributed by atoms with van der Waals surface area (Å²) < 4.78 is 4.82. The molecule has 0 bridgehead atoms. The number of unbranched alkanes of at least 4 members (excludes halogenated alkanes) is 4. The molecule has 1 aromatic carbocycles. The predicted octanol–water partition coefficient (Wildman–Crippen LogP) is 3.88. The molecule has 0 atom stereocenters. The van der Waals surface area contributed by atoms with Crippen molar-refractivity contribution in [1.29, 1.82) is 0 Å². The lowest BCUT2D eigenvalue weighted by Crippen LogP contribution is -2.21. The molecule has 0 fully saturated rings. The van der Waals surface area contributed by atoms with E-state index in [2.05, 4.69) is 11.8 Å². The summed E-state index contributed by atoms with van der Waals surface area (Å²) in [4.78, 5) is 13.8. The summed E-state index contributed by atoms with van der Waals surface area (Å²) in [6.45, 7) is 3.19. The van der Waals surface area contributed by atoms with Crippen LogP contribution in [0.5, 0.6) is 0 Å². The molecule has 0 unspecified atom stereocenters. The molecule has 0 aliphatic carbocycles. The van der Waals surface area contributed by atoms with Gasteiger partial charge in [0.2, 0.25) is 0 Å². The summed E-state index contributed by atoms with van der Waals surface area (Å²) in [6.07, 6.45) is 6.27. The summed E-state index contributed by atoms with van der Waals surface area (Å²) in [5.41, 5.74) is 1.59. The van der Waals surface area contributed by atoms with Gasteiger partial charge in [0.05, 0.1) is 18.4 Å². The second kappa shape index (κ2) is 8.57. The molecular formula is C16H25NO2. The van der Waals surface area contributed by atoms with Gasteiger partial charge in [0.15, 0.2) is 0 Å². The normalized spacial score (nSPS) is 10.3. The molecule has 0 saturated carbocycles. The molecule has 0 saturated heterocycles. The largest absolute Gasteiger partial charge is 0.465 e. The fraction of sp³-hybridized carbons (Fsp3) is 0.562. The number of carbonyl (C=O) groups excluding carboxylic acids is 1. The lowest BCUT2D eigenvalue weighted by molar-refractivity contribution is 0.0601. The van der Waals surface area contributed by atoms with Gasteiger partial charge in [-0.05, 0) is 18.6 Å². The highest BCUT2D eigenvalue weighted by molar-refractivity contribution is 5.95. The Morgan fingerprint density at radius 1 is 1.16 bits per heavy atom. The van der Waals surface area contributed by atoms with E-state index in [0.717, 1.165) is 18.7 Å². The summed E-state index contributed by atoms with van der Waals surface area (Å²) in [6, 6.07) is 7.60. The maximum Gasteiger partial charge on any atom is 0.339 e. The first-order valence-corrected chi connectivity index (χ1v) is 7.09. The van der Waals surface area contributed by atoms with Crippen molar-refractivity contribution in [3.05, 3.63) is 29.8 Å². The molecule has 106 valence electrons. The SMILES string of the molecule is CCCCCCCN(C)c1ccccc1C(=O)OC. The maximum absolute atomic E-state index is 11.7. The Labute approximate surface area is 116 Å².